The molecule has 0 atom stereocenters. The van der Waals surface area contributed by atoms with E-state index in [0.717, 1.165) is 11.1 Å². The van der Waals surface area contributed by atoms with Gasteiger partial charge in [0, 0.05) is 43.6 Å². The van der Waals surface area contributed by atoms with Gasteiger partial charge < -0.3 is 10.2 Å². The first kappa shape index (κ1) is 18.9. The largest absolute Gasteiger partial charge is 0.377 e. The van der Waals surface area contributed by atoms with E-state index in [-0.39, 0.29) is 23.9 Å². The number of nitrogens with one attached hydrogen (secondary N) is 2. The van der Waals surface area contributed by atoms with Gasteiger partial charge in [0.05, 0.1) is 9.32 Å². The maximum Gasteiger partial charge on any atom is 0.241 e. The summed E-state index contributed by atoms with van der Waals surface area (Å²) in [7, 11) is 0.186. The van der Waals surface area contributed by atoms with Gasteiger partial charge in [0.25, 0.3) is 0 Å². The molecule has 0 saturated carbocycles. The second-order valence-electron chi connectivity index (χ2n) is 5.40. The van der Waals surface area contributed by atoms with Crippen LogP contribution in [0.4, 0.5) is 5.69 Å². The molecule has 0 heterocycles. The Morgan fingerprint density at radius 3 is 2.42 bits per heavy atom. The van der Waals surface area contributed by atoms with Gasteiger partial charge in [0.15, 0.2) is 0 Å². The molecule has 24 heavy (non-hydrogen) atoms. The van der Waals surface area contributed by atoms with Gasteiger partial charge in [-0.3, -0.25) is 4.79 Å². The van der Waals surface area contributed by atoms with Crippen LogP contribution in [0.3, 0.4) is 0 Å². The Kier molecular flexibility index (Phi) is 6.41. The number of fused-ring (bicyclic) bond motifs is 1. The van der Waals surface area contributed by atoms with Crippen LogP contribution in [0, 0.1) is 0 Å². The van der Waals surface area contributed by atoms with Crippen molar-refractivity contribution in [1.29, 1.82) is 0 Å². The van der Waals surface area contributed by atoms with Gasteiger partial charge in [-0.05, 0) is 12.1 Å². The van der Waals surface area contributed by atoms with Crippen molar-refractivity contribution in [3.8, 4) is 0 Å². The molecule has 1 amide bonds. The zero-order valence-corrected chi connectivity index (χ0v) is 16.5. The normalized spacial score (nSPS) is 11.5. The molecular weight excluding hydrogens is 441 g/mol. The van der Waals surface area contributed by atoms with E-state index in [1.54, 1.807) is 18.2 Å². The maximum atomic E-state index is 12.6. The van der Waals surface area contributed by atoms with E-state index in [9.17, 15) is 13.2 Å². The van der Waals surface area contributed by atoms with Crippen molar-refractivity contribution < 1.29 is 13.2 Å². The molecule has 0 bridgehead atoms. The molecule has 130 valence electrons. The summed E-state index contributed by atoms with van der Waals surface area (Å²) in [6, 6.07) is 10.8. The lowest BCUT2D eigenvalue weighted by Gasteiger charge is -2.17. The van der Waals surface area contributed by atoms with Crippen LogP contribution >= 0.6 is 22.6 Å². The van der Waals surface area contributed by atoms with Gasteiger partial charge in [0.2, 0.25) is 15.9 Å². The molecular formula is C16H20IN3O3S. The molecule has 0 aliphatic carbocycles. The lowest BCUT2D eigenvalue weighted by atomic mass is 10.1. The summed E-state index contributed by atoms with van der Waals surface area (Å²) in [5.74, 6) is -0.115. The third-order valence-corrected chi connectivity index (χ3v) is 5.70. The molecule has 2 aromatic rings. The van der Waals surface area contributed by atoms with E-state index >= 15 is 0 Å². The monoisotopic (exact) mass is 461 g/mol. The fourth-order valence-electron chi connectivity index (χ4n) is 2.40. The van der Waals surface area contributed by atoms with E-state index in [2.05, 4.69) is 10.0 Å². The number of amides is 1. The van der Waals surface area contributed by atoms with E-state index < -0.39 is 10.0 Å². The third kappa shape index (κ3) is 4.37. The maximum absolute atomic E-state index is 12.6. The molecule has 0 aliphatic heterocycles. The highest BCUT2D eigenvalue weighted by Gasteiger charge is 2.18. The Labute approximate surface area is 155 Å². The molecule has 2 aromatic carbocycles. The molecule has 0 spiro atoms. The van der Waals surface area contributed by atoms with Crippen molar-refractivity contribution in [1.82, 2.24) is 10.0 Å². The average Bonchev–Trinajstić information content (AvgIpc) is 2.57. The predicted molar refractivity (Wildman–Crippen MR) is 105 cm³/mol. The van der Waals surface area contributed by atoms with Crippen molar-refractivity contribution in [2.45, 2.75) is 4.90 Å². The van der Waals surface area contributed by atoms with Gasteiger partial charge in [-0.25, -0.2) is 13.1 Å². The second-order valence-corrected chi connectivity index (χ2v) is 7.90. The number of rotatable bonds is 7. The molecule has 0 saturated heterocycles. The van der Waals surface area contributed by atoms with Crippen LogP contribution in [0.1, 0.15) is 0 Å². The first-order valence-electron chi connectivity index (χ1n) is 7.38. The predicted octanol–water partition coefficient (Wildman–Crippen LogP) is 1.74. The fraction of sp³-hybridized carbons (Fsp3) is 0.312. The van der Waals surface area contributed by atoms with Crippen molar-refractivity contribution in [3.63, 3.8) is 0 Å². The number of nitrogens with zero attached hydrogens (tertiary/aromatic N) is 1. The van der Waals surface area contributed by atoms with E-state index in [4.69, 9.17) is 0 Å². The molecule has 0 radical (unpaired) electrons. The Balaban J connectivity index is 2.27. The number of anilines is 1. The number of halogens is 1. The Morgan fingerprint density at radius 1 is 1.08 bits per heavy atom. The molecule has 6 nitrogen and oxygen atoms in total. The van der Waals surface area contributed by atoms with E-state index in [1.807, 2.05) is 59.8 Å². The summed E-state index contributed by atoms with van der Waals surface area (Å²) in [6.45, 7) is 0.406. The molecule has 0 aliphatic rings. The smallest absolute Gasteiger partial charge is 0.241 e. The SMILES string of the molecule is CN(C)c1cccc2c(S(=O)(=O)NCCNC(=O)CI)cccc12. The fourth-order valence-corrected chi connectivity index (χ4v) is 3.92. The first-order chi connectivity index (χ1) is 11.4. The molecule has 2 rings (SSSR count). The van der Waals surface area contributed by atoms with Crippen molar-refractivity contribution in [2.24, 2.45) is 0 Å². The molecule has 0 fully saturated rings. The lowest BCUT2D eigenvalue weighted by Crippen LogP contribution is -2.35. The van der Waals surface area contributed by atoms with Crippen LogP contribution in [0.5, 0.6) is 0 Å². The Morgan fingerprint density at radius 2 is 1.75 bits per heavy atom. The van der Waals surface area contributed by atoms with E-state index in [1.165, 1.54) is 0 Å². The van der Waals surface area contributed by atoms with Crippen LogP contribution in [0.15, 0.2) is 41.3 Å². The highest BCUT2D eigenvalue weighted by Crippen LogP contribution is 2.29. The number of alkyl halides is 1. The highest BCUT2D eigenvalue weighted by molar-refractivity contribution is 14.1. The first-order valence-corrected chi connectivity index (χ1v) is 10.4. The minimum absolute atomic E-state index is 0.115. The molecule has 8 heteroatoms. The van der Waals surface area contributed by atoms with Crippen LogP contribution in [-0.4, -0.2) is 45.9 Å². The Hall–Kier alpha value is -1.39. The number of sulfonamides is 1. The molecule has 0 aromatic heterocycles. The summed E-state index contributed by atoms with van der Waals surface area (Å²) in [5, 5.41) is 4.19. The number of hydrogen-bond acceptors (Lipinski definition) is 4. The van der Waals surface area contributed by atoms with Crippen LogP contribution in [0.25, 0.3) is 10.8 Å². The topological polar surface area (TPSA) is 78.5 Å². The van der Waals surface area contributed by atoms with Gasteiger partial charge in [-0.2, -0.15) is 0 Å². The second kappa shape index (κ2) is 8.13. The summed E-state index contributed by atoms with van der Waals surface area (Å²) in [6.07, 6.45) is 0. The minimum atomic E-state index is -3.66. The zero-order chi connectivity index (χ0) is 17.7. The number of benzene rings is 2. The minimum Gasteiger partial charge on any atom is -0.377 e. The molecule has 2 N–H and O–H groups in total. The van der Waals surface area contributed by atoms with Gasteiger partial charge in [-0.15, -0.1) is 0 Å². The molecule has 0 unspecified atom stereocenters. The van der Waals surface area contributed by atoms with Crippen LogP contribution in [-0.2, 0) is 14.8 Å². The van der Waals surface area contributed by atoms with Crippen LogP contribution in [0.2, 0.25) is 0 Å². The van der Waals surface area contributed by atoms with Crippen molar-refractivity contribution in [3.05, 3.63) is 36.4 Å². The third-order valence-electron chi connectivity index (χ3n) is 3.49. The van der Waals surface area contributed by atoms with Crippen LogP contribution < -0.4 is 14.9 Å². The highest BCUT2D eigenvalue weighted by atomic mass is 127. The van der Waals surface area contributed by atoms with Crippen molar-refractivity contribution in [2.75, 3.05) is 36.5 Å². The number of hydrogen-bond donors (Lipinski definition) is 2. The van der Waals surface area contributed by atoms with E-state index in [0.29, 0.717) is 9.81 Å². The van der Waals surface area contributed by atoms with Gasteiger partial charge in [0.1, 0.15) is 0 Å². The standard InChI is InChI=1S/C16H20IN3O3S/c1-20(2)14-7-3-6-13-12(14)5-4-8-15(13)24(22,23)19-10-9-18-16(21)11-17/h3-8,19H,9-11H2,1-2H3,(H,18,21). The van der Waals surface area contributed by atoms with Gasteiger partial charge in [-0.1, -0.05) is 46.9 Å². The quantitative estimate of drug-likeness (QED) is 0.374. The summed E-state index contributed by atoms with van der Waals surface area (Å²) >= 11 is 1.95. The lowest BCUT2D eigenvalue weighted by molar-refractivity contribution is -0.118. The Bertz CT molecular complexity index is 838. The summed E-state index contributed by atoms with van der Waals surface area (Å²) in [4.78, 5) is 13.4. The zero-order valence-electron chi connectivity index (χ0n) is 13.5. The number of carbonyl (C=O) groups is 1. The summed E-state index contributed by atoms with van der Waals surface area (Å²) in [5.41, 5.74) is 0.957. The average molecular weight is 461 g/mol. The summed E-state index contributed by atoms with van der Waals surface area (Å²) < 4.78 is 28.1. The van der Waals surface area contributed by atoms with Crippen molar-refractivity contribution >= 4 is 55.0 Å². The number of carbonyl (C=O) groups excluding carboxylic acids is 1. The van der Waals surface area contributed by atoms with Gasteiger partial charge >= 0.3 is 0 Å².